The van der Waals surface area contributed by atoms with Crippen LogP contribution < -0.4 is 15.5 Å². The van der Waals surface area contributed by atoms with E-state index in [1.54, 1.807) is 12.1 Å². The summed E-state index contributed by atoms with van der Waals surface area (Å²) in [6.45, 7) is 3.77. The predicted molar refractivity (Wildman–Crippen MR) is 78.2 cm³/mol. The lowest BCUT2D eigenvalue weighted by atomic mass is 10.00. The van der Waals surface area contributed by atoms with Crippen molar-refractivity contribution in [3.05, 3.63) is 23.3 Å². The van der Waals surface area contributed by atoms with E-state index in [4.69, 9.17) is 5.41 Å². The second-order valence-electron chi connectivity index (χ2n) is 5.04. The van der Waals surface area contributed by atoms with Gasteiger partial charge in [-0.2, -0.15) is 9.88 Å². The van der Waals surface area contributed by atoms with Gasteiger partial charge in [-0.15, -0.1) is 0 Å². The number of hydrogen-bond acceptors (Lipinski definition) is 6. The van der Waals surface area contributed by atoms with Crippen LogP contribution in [0.2, 0.25) is 0 Å². The molecule has 0 aliphatic carbocycles. The Hall–Kier alpha value is -2.78. The third-order valence-electron chi connectivity index (χ3n) is 3.74. The Morgan fingerprint density at radius 1 is 1.36 bits per heavy atom. The highest BCUT2D eigenvalue weighted by Crippen LogP contribution is 2.38. The molecule has 1 aromatic rings. The number of amidine groups is 1. The first kappa shape index (κ1) is 14.2. The van der Waals surface area contributed by atoms with Gasteiger partial charge in [-0.25, -0.2) is 10.1 Å². The van der Waals surface area contributed by atoms with E-state index in [1.165, 1.54) is 4.90 Å². The van der Waals surface area contributed by atoms with Crippen LogP contribution in [-0.4, -0.2) is 35.1 Å². The number of aliphatic imine (C=N–C) groups is 1. The first-order valence-corrected chi connectivity index (χ1v) is 6.39. The van der Waals surface area contributed by atoms with Gasteiger partial charge >= 0.3 is 11.8 Å². The monoisotopic (exact) mass is 303 g/mol. The topological polar surface area (TPSA) is 127 Å². The molecule has 2 aliphatic heterocycles. The number of nitrogens with zero attached hydrogens (tertiary/aromatic N) is 2. The lowest BCUT2D eigenvalue weighted by molar-refractivity contribution is -0.284. The van der Waals surface area contributed by atoms with Gasteiger partial charge in [-0.3, -0.25) is 20.4 Å². The molecule has 1 unspecified atom stereocenters. The van der Waals surface area contributed by atoms with Crippen LogP contribution in [0.15, 0.2) is 17.1 Å². The van der Waals surface area contributed by atoms with Crippen molar-refractivity contribution in [2.45, 2.75) is 19.6 Å². The fourth-order valence-electron chi connectivity index (χ4n) is 2.47. The summed E-state index contributed by atoms with van der Waals surface area (Å²) in [7, 11) is 0. The number of fused-ring (bicyclic) bond motifs is 2. The maximum absolute atomic E-state index is 12.2. The maximum atomic E-state index is 12.2. The second kappa shape index (κ2) is 4.61. The minimum atomic E-state index is -2.08. The number of imide groups is 1. The van der Waals surface area contributed by atoms with Gasteiger partial charge in [0.05, 0.1) is 17.7 Å². The molecule has 3 rings (SSSR count). The third kappa shape index (κ3) is 1.73. The van der Waals surface area contributed by atoms with Gasteiger partial charge in [0.2, 0.25) is 0 Å². The van der Waals surface area contributed by atoms with Crippen molar-refractivity contribution in [2.24, 2.45) is 4.99 Å². The number of benzene rings is 1. The van der Waals surface area contributed by atoms with Gasteiger partial charge < -0.3 is 5.32 Å². The van der Waals surface area contributed by atoms with E-state index >= 15 is 0 Å². The first-order chi connectivity index (χ1) is 10.4. The fraction of sp³-hybridized carbons (Fsp3) is 0.231. The summed E-state index contributed by atoms with van der Waals surface area (Å²) >= 11 is 0. The molecule has 9 heteroatoms. The number of urea groups is 1. The molecule has 0 spiro atoms. The quantitative estimate of drug-likeness (QED) is 0.279. The summed E-state index contributed by atoms with van der Waals surface area (Å²) in [5.41, 5.74) is 0.797. The van der Waals surface area contributed by atoms with Crippen LogP contribution in [0.3, 0.4) is 0 Å². The summed E-state index contributed by atoms with van der Waals surface area (Å²) in [5.74, 6) is -1.14. The average Bonchev–Trinajstić information content (AvgIpc) is 2.47. The van der Waals surface area contributed by atoms with Crippen molar-refractivity contribution in [1.29, 1.82) is 5.41 Å². The smallest absolute Gasteiger partial charge is 0.339 e. The van der Waals surface area contributed by atoms with Crippen LogP contribution in [0, 0.1) is 19.3 Å². The minimum Gasteiger partial charge on any atom is -0.339 e. The predicted octanol–water partition coefficient (Wildman–Crippen LogP) is 0.977. The number of rotatable bonds is 2. The van der Waals surface area contributed by atoms with Crippen molar-refractivity contribution in [1.82, 2.24) is 5.32 Å². The van der Waals surface area contributed by atoms with E-state index in [0.29, 0.717) is 11.4 Å². The van der Waals surface area contributed by atoms with E-state index in [9.17, 15) is 14.8 Å². The molecule has 22 heavy (non-hydrogen) atoms. The van der Waals surface area contributed by atoms with Gasteiger partial charge in [-0.05, 0) is 37.1 Å². The highest BCUT2D eigenvalue weighted by atomic mass is 17.1. The molecule has 1 aromatic carbocycles. The van der Waals surface area contributed by atoms with Crippen LogP contribution in [-0.2, 0) is 9.68 Å². The van der Waals surface area contributed by atoms with Gasteiger partial charge in [0.15, 0.2) is 5.84 Å². The van der Waals surface area contributed by atoms with E-state index in [-0.39, 0.29) is 5.84 Å². The van der Waals surface area contributed by atoms with Gasteiger partial charge in [0.25, 0.3) is 5.91 Å². The summed E-state index contributed by atoms with van der Waals surface area (Å²) in [5, 5.41) is 21.6. The summed E-state index contributed by atoms with van der Waals surface area (Å²) in [4.78, 5) is 32.9. The van der Waals surface area contributed by atoms with E-state index in [0.717, 1.165) is 17.5 Å². The number of carbonyl (C=O) groups is 2. The molecule has 2 heterocycles. The van der Waals surface area contributed by atoms with Crippen LogP contribution >= 0.6 is 0 Å². The number of amides is 3. The highest BCUT2D eigenvalue weighted by Gasteiger charge is 2.55. The van der Waals surface area contributed by atoms with Gasteiger partial charge in [-0.1, -0.05) is 0 Å². The van der Waals surface area contributed by atoms with Crippen molar-refractivity contribution < 1.29 is 19.7 Å². The molecule has 0 bridgehead atoms. The Morgan fingerprint density at radius 3 is 2.68 bits per heavy atom. The summed E-state index contributed by atoms with van der Waals surface area (Å²) in [6.07, 6.45) is 0.896. The highest BCUT2D eigenvalue weighted by molar-refractivity contribution is 6.33. The first-order valence-electron chi connectivity index (χ1n) is 6.39. The molecule has 3 amide bonds. The largest absolute Gasteiger partial charge is 0.349 e. The van der Waals surface area contributed by atoms with Gasteiger partial charge in [0.1, 0.15) is 0 Å². The number of hydrogen-bond donors (Lipinski definition) is 4. The van der Waals surface area contributed by atoms with E-state index < -0.39 is 17.7 Å². The second-order valence-corrected chi connectivity index (χ2v) is 5.04. The molecule has 114 valence electrons. The number of aryl methyl sites for hydroxylation is 2. The molecule has 0 saturated heterocycles. The fourth-order valence-corrected chi connectivity index (χ4v) is 2.47. The molecular formula is C13H13N5O4. The van der Waals surface area contributed by atoms with Crippen molar-refractivity contribution in [2.75, 3.05) is 10.2 Å². The van der Waals surface area contributed by atoms with Crippen molar-refractivity contribution >= 4 is 35.5 Å². The van der Waals surface area contributed by atoms with Crippen molar-refractivity contribution in [3.63, 3.8) is 0 Å². The lowest BCUT2D eigenvalue weighted by Crippen LogP contribution is -2.69. The minimum absolute atomic E-state index is 0.227. The van der Waals surface area contributed by atoms with Crippen LogP contribution in [0.5, 0.6) is 0 Å². The zero-order chi connectivity index (χ0) is 16.1. The Kier molecular flexibility index (Phi) is 2.97. The van der Waals surface area contributed by atoms with Crippen LogP contribution in [0.1, 0.15) is 11.1 Å². The number of nitrogens with one attached hydrogen (secondary N) is 3. The van der Waals surface area contributed by atoms with Gasteiger partial charge in [0, 0.05) is 0 Å². The molecule has 4 N–H and O–H groups in total. The molecular weight excluding hydrogens is 290 g/mol. The molecule has 0 radical (unpaired) electrons. The zero-order valence-corrected chi connectivity index (χ0v) is 11.8. The average molecular weight is 303 g/mol. The van der Waals surface area contributed by atoms with Crippen molar-refractivity contribution in [3.8, 4) is 0 Å². The van der Waals surface area contributed by atoms with Crippen LogP contribution in [0.4, 0.5) is 16.2 Å². The maximum Gasteiger partial charge on any atom is 0.349 e. The molecule has 0 fully saturated rings. The molecule has 9 nitrogen and oxygen atoms in total. The van der Waals surface area contributed by atoms with Crippen LogP contribution in [0.25, 0.3) is 0 Å². The Balaban J connectivity index is 2.29. The molecule has 0 aromatic heterocycles. The van der Waals surface area contributed by atoms with E-state index in [2.05, 4.69) is 15.2 Å². The number of carbonyl (C=O) groups excluding carboxylic acids is 2. The summed E-state index contributed by atoms with van der Waals surface area (Å²) in [6, 6.07) is 2.64. The standard InChI is InChI=1S/C13H13N5O4/c1-6-3-8-9(4-7(6)2)18(5-14)10-13(17-8,22-21)11(19)16-12(20)15-10/h3-5,14,17,21H,1-2H3,(H,16,19,20). The number of anilines is 2. The Labute approximate surface area is 125 Å². The normalized spacial score (nSPS) is 23.0. The lowest BCUT2D eigenvalue weighted by Gasteiger charge is -2.42. The Bertz CT molecular complexity index is 744. The SMILES string of the molecule is Cc1cc2c(cc1C)N(C=N)C1=NC(=O)NC(=O)C1(OO)N2. The van der Waals surface area contributed by atoms with E-state index in [1.807, 2.05) is 19.2 Å². The zero-order valence-electron chi connectivity index (χ0n) is 11.8. The molecule has 1 atom stereocenters. The summed E-state index contributed by atoms with van der Waals surface area (Å²) < 4.78 is 0. The Morgan fingerprint density at radius 2 is 2.05 bits per heavy atom. The molecule has 0 saturated carbocycles. The third-order valence-corrected chi connectivity index (χ3v) is 3.74. The molecule has 2 aliphatic rings.